The number of guanidine groups is 1. The first-order valence-corrected chi connectivity index (χ1v) is 8.80. The molecular weight excluding hydrogens is 359 g/mol. The van der Waals surface area contributed by atoms with Crippen molar-refractivity contribution in [3.63, 3.8) is 0 Å². The van der Waals surface area contributed by atoms with Crippen molar-refractivity contribution in [2.24, 2.45) is 4.99 Å². The summed E-state index contributed by atoms with van der Waals surface area (Å²) < 4.78 is 20.9. The Bertz CT molecular complexity index is 773. The molecule has 0 fully saturated rings. The number of fused-ring (bicyclic) bond motifs is 1. The third kappa shape index (κ3) is 4.31. The van der Waals surface area contributed by atoms with Gasteiger partial charge in [-0.1, -0.05) is 17.7 Å². The Balaban J connectivity index is 1.58. The van der Waals surface area contributed by atoms with Crippen LogP contribution in [-0.4, -0.2) is 40.9 Å². The molecule has 1 unspecified atom stereocenters. The lowest BCUT2D eigenvalue weighted by molar-refractivity contribution is 0.177. The van der Waals surface area contributed by atoms with Crippen LogP contribution in [0.5, 0.6) is 0 Å². The fourth-order valence-electron chi connectivity index (χ4n) is 2.93. The third-order valence-electron chi connectivity index (χ3n) is 4.23. The van der Waals surface area contributed by atoms with E-state index in [9.17, 15) is 4.39 Å². The molecular formula is C17H22ClFN6O. The van der Waals surface area contributed by atoms with Crippen LogP contribution in [-0.2, 0) is 30.9 Å². The van der Waals surface area contributed by atoms with E-state index < -0.39 is 0 Å². The second-order valence-corrected chi connectivity index (χ2v) is 6.47. The average Bonchev–Trinajstić information content (AvgIpc) is 3.02. The molecule has 3 rings (SSSR count). The van der Waals surface area contributed by atoms with E-state index in [-0.39, 0.29) is 18.4 Å². The van der Waals surface area contributed by atoms with E-state index in [0.717, 1.165) is 18.7 Å². The number of aromatic nitrogens is 3. The molecule has 1 aromatic carbocycles. The number of nitrogens with zero attached hydrogens (tertiary/aromatic N) is 4. The standard InChI is InChI=1S/C17H22ClFN6O/c1-20-17(21-8-12-13(18)4-3-5-14(12)19)22-11-6-7-16-23-15(10-26-2)24-25(16)9-11/h3-5,11H,6-10H2,1-2H3,(H2,20,21,22). The summed E-state index contributed by atoms with van der Waals surface area (Å²) in [4.78, 5) is 8.68. The van der Waals surface area contributed by atoms with Gasteiger partial charge in [0.15, 0.2) is 11.8 Å². The van der Waals surface area contributed by atoms with Gasteiger partial charge in [0, 0.05) is 43.8 Å². The van der Waals surface area contributed by atoms with Crippen LogP contribution < -0.4 is 10.6 Å². The van der Waals surface area contributed by atoms with E-state index in [1.54, 1.807) is 26.3 Å². The van der Waals surface area contributed by atoms with E-state index in [4.69, 9.17) is 16.3 Å². The maximum atomic E-state index is 13.9. The smallest absolute Gasteiger partial charge is 0.191 e. The molecule has 2 N–H and O–H groups in total. The summed E-state index contributed by atoms with van der Waals surface area (Å²) in [6.45, 7) is 1.35. The molecule has 0 spiro atoms. The SMILES string of the molecule is CN=C(NCc1c(F)cccc1Cl)NC1CCc2nc(COC)nn2C1. The summed E-state index contributed by atoms with van der Waals surface area (Å²) >= 11 is 6.06. The predicted octanol–water partition coefficient (Wildman–Crippen LogP) is 1.90. The van der Waals surface area contributed by atoms with E-state index >= 15 is 0 Å². The van der Waals surface area contributed by atoms with Crippen molar-refractivity contribution in [1.29, 1.82) is 0 Å². The van der Waals surface area contributed by atoms with Crippen LogP contribution in [0.2, 0.25) is 5.02 Å². The van der Waals surface area contributed by atoms with Crippen molar-refractivity contribution in [2.45, 2.75) is 38.6 Å². The maximum absolute atomic E-state index is 13.9. The van der Waals surface area contributed by atoms with Crippen LogP contribution in [0.4, 0.5) is 4.39 Å². The van der Waals surface area contributed by atoms with Crippen LogP contribution in [0.1, 0.15) is 23.6 Å². The van der Waals surface area contributed by atoms with Crippen LogP contribution in [0.25, 0.3) is 0 Å². The molecule has 140 valence electrons. The highest BCUT2D eigenvalue weighted by Crippen LogP contribution is 2.18. The summed E-state index contributed by atoms with van der Waals surface area (Å²) in [6.07, 6.45) is 1.73. The Morgan fingerprint density at radius 3 is 3.08 bits per heavy atom. The summed E-state index contributed by atoms with van der Waals surface area (Å²) in [5.74, 6) is 1.92. The molecule has 0 saturated heterocycles. The van der Waals surface area contributed by atoms with E-state index in [1.165, 1.54) is 6.07 Å². The van der Waals surface area contributed by atoms with Crippen LogP contribution in [0.3, 0.4) is 0 Å². The van der Waals surface area contributed by atoms with Crippen LogP contribution in [0, 0.1) is 5.82 Å². The minimum Gasteiger partial charge on any atom is -0.377 e. The molecule has 0 radical (unpaired) electrons. The minimum absolute atomic E-state index is 0.155. The number of methoxy groups -OCH3 is 1. The predicted molar refractivity (Wildman–Crippen MR) is 97.6 cm³/mol. The Morgan fingerprint density at radius 1 is 1.50 bits per heavy atom. The number of aryl methyl sites for hydroxylation is 1. The molecule has 1 aliphatic heterocycles. The van der Waals surface area contributed by atoms with Gasteiger partial charge in [0.2, 0.25) is 0 Å². The largest absolute Gasteiger partial charge is 0.377 e. The molecule has 0 amide bonds. The molecule has 9 heteroatoms. The van der Waals surface area contributed by atoms with Gasteiger partial charge in [-0.05, 0) is 18.6 Å². The molecule has 1 aliphatic rings. The van der Waals surface area contributed by atoms with Gasteiger partial charge in [0.25, 0.3) is 0 Å². The lowest BCUT2D eigenvalue weighted by Crippen LogP contribution is -2.46. The average molecular weight is 381 g/mol. The molecule has 26 heavy (non-hydrogen) atoms. The van der Waals surface area contributed by atoms with Gasteiger partial charge < -0.3 is 15.4 Å². The highest BCUT2D eigenvalue weighted by Gasteiger charge is 2.22. The van der Waals surface area contributed by atoms with Crippen molar-refractivity contribution in [2.75, 3.05) is 14.2 Å². The van der Waals surface area contributed by atoms with E-state index in [2.05, 4.69) is 25.7 Å². The second kappa shape index (κ2) is 8.46. The second-order valence-electron chi connectivity index (χ2n) is 6.07. The minimum atomic E-state index is -0.337. The normalized spacial score (nSPS) is 17.1. The lowest BCUT2D eigenvalue weighted by atomic mass is 10.1. The quantitative estimate of drug-likeness (QED) is 0.612. The maximum Gasteiger partial charge on any atom is 0.191 e. The van der Waals surface area contributed by atoms with Crippen molar-refractivity contribution < 1.29 is 9.13 Å². The lowest BCUT2D eigenvalue weighted by Gasteiger charge is -2.25. The van der Waals surface area contributed by atoms with Gasteiger partial charge in [0.1, 0.15) is 18.2 Å². The number of nitrogens with one attached hydrogen (secondary N) is 2. The number of aliphatic imine (C=N–C) groups is 1. The number of hydrogen-bond acceptors (Lipinski definition) is 4. The number of halogens is 2. The van der Waals surface area contributed by atoms with Gasteiger partial charge in [-0.3, -0.25) is 4.99 Å². The number of rotatable bonds is 5. The van der Waals surface area contributed by atoms with Gasteiger partial charge in [-0.25, -0.2) is 14.1 Å². The number of benzene rings is 1. The van der Waals surface area contributed by atoms with Gasteiger partial charge in [0.05, 0.1) is 6.54 Å². The van der Waals surface area contributed by atoms with Crippen LogP contribution >= 0.6 is 11.6 Å². The van der Waals surface area contributed by atoms with Gasteiger partial charge >= 0.3 is 0 Å². The molecule has 1 atom stereocenters. The summed E-state index contributed by atoms with van der Waals surface area (Å²) in [5, 5.41) is 11.3. The molecule has 2 aromatic rings. The molecule has 0 aliphatic carbocycles. The first kappa shape index (κ1) is 18.6. The van der Waals surface area contributed by atoms with Gasteiger partial charge in [-0.2, -0.15) is 5.10 Å². The first-order valence-electron chi connectivity index (χ1n) is 8.42. The Labute approximate surface area is 156 Å². The van der Waals surface area contributed by atoms with Crippen molar-refractivity contribution in [1.82, 2.24) is 25.4 Å². The van der Waals surface area contributed by atoms with Gasteiger partial charge in [-0.15, -0.1) is 0 Å². The fourth-order valence-corrected chi connectivity index (χ4v) is 3.16. The third-order valence-corrected chi connectivity index (χ3v) is 4.59. The van der Waals surface area contributed by atoms with Crippen molar-refractivity contribution in [3.8, 4) is 0 Å². The zero-order chi connectivity index (χ0) is 18.5. The Morgan fingerprint density at radius 2 is 2.35 bits per heavy atom. The molecule has 2 heterocycles. The highest BCUT2D eigenvalue weighted by atomic mass is 35.5. The fraction of sp³-hybridized carbons (Fsp3) is 0.471. The number of hydrogen-bond donors (Lipinski definition) is 2. The van der Waals surface area contributed by atoms with Crippen molar-refractivity contribution >= 4 is 17.6 Å². The molecule has 1 aromatic heterocycles. The topological polar surface area (TPSA) is 76.4 Å². The summed E-state index contributed by atoms with van der Waals surface area (Å²) in [7, 11) is 3.31. The zero-order valence-electron chi connectivity index (χ0n) is 14.8. The Kier molecular flexibility index (Phi) is 6.05. The molecule has 0 saturated carbocycles. The van der Waals surface area contributed by atoms with Crippen LogP contribution in [0.15, 0.2) is 23.2 Å². The molecule has 7 nitrogen and oxygen atoms in total. The van der Waals surface area contributed by atoms with E-state index in [1.807, 2.05) is 4.68 Å². The van der Waals surface area contributed by atoms with E-state index in [0.29, 0.717) is 35.5 Å². The number of ether oxygens (including phenoxy) is 1. The zero-order valence-corrected chi connectivity index (χ0v) is 15.6. The highest BCUT2D eigenvalue weighted by molar-refractivity contribution is 6.31. The monoisotopic (exact) mass is 380 g/mol. The Hall–Kier alpha value is -2.19. The summed E-state index contributed by atoms with van der Waals surface area (Å²) in [5.41, 5.74) is 0.420. The summed E-state index contributed by atoms with van der Waals surface area (Å²) in [6, 6.07) is 4.80. The molecule has 0 bridgehead atoms. The first-order chi connectivity index (χ1) is 12.6. The van der Waals surface area contributed by atoms with Crippen molar-refractivity contribution in [3.05, 3.63) is 46.3 Å².